The number of benzene rings is 1. The summed E-state index contributed by atoms with van der Waals surface area (Å²) < 4.78 is 10.3. The highest BCUT2D eigenvalue weighted by Crippen LogP contribution is 2.23. The number of hydrogen-bond donors (Lipinski definition) is 1. The summed E-state index contributed by atoms with van der Waals surface area (Å²) >= 11 is 0. The van der Waals surface area contributed by atoms with Gasteiger partial charge in [-0.15, -0.1) is 0 Å². The van der Waals surface area contributed by atoms with E-state index in [9.17, 15) is 9.59 Å². The normalized spacial score (nSPS) is 10.6. The quantitative estimate of drug-likeness (QED) is 0.866. The Balaban J connectivity index is 2.29. The molecule has 0 aliphatic carbocycles. The lowest BCUT2D eigenvalue weighted by Crippen LogP contribution is -2.11. The molecule has 0 unspecified atom stereocenters. The van der Waals surface area contributed by atoms with Crippen LogP contribution in [0.2, 0.25) is 0 Å². The van der Waals surface area contributed by atoms with E-state index in [1.165, 1.54) is 6.07 Å². The monoisotopic (exact) mass is 274 g/mol. The van der Waals surface area contributed by atoms with Crippen LogP contribution in [0.25, 0.3) is 11.3 Å². The smallest absolute Gasteiger partial charge is 0.371 e. The van der Waals surface area contributed by atoms with Gasteiger partial charge in [0.05, 0.1) is 11.7 Å². The van der Waals surface area contributed by atoms with E-state index in [0.29, 0.717) is 16.9 Å². The average molecular weight is 274 g/mol. The fraction of sp³-hybridized carbons (Fsp3) is 0.200. The number of carboxylic acids is 1. The van der Waals surface area contributed by atoms with E-state index in [4.69, 9.17) is 14.3 Å². The van der Waals surface area contributed by atoms with E-state index in [2.05, 4.69) is 0 Å². The number of carbonyl (C=O) groups excluding carboxylic acids is 1. The molecule has 104 valence electrons. The van der Waals surface area contributed by atoms with Gasteiger partial charge in [-0.1, -0.05) is 12.1 Å². The molecule has 0 saturated heterocycles. The molecule has 0 amide bonds. The Morgan fingerprint density at radius 2 is 1.95 bits per heavy atom. The minimum atomic E-state index is -1.13. The van der Waals surface area contributed by atoms with E-state index >= 15 is 0 Å². The number of hydrogen-bond acceptors (Lipinski definition) is 4. The second-order valence-electron chi connectivity index (χ2n) is 4.50. The molecular formula is C15H14O5. The van der Waals surface area contributed by atoms with Crippen LogP contribution in [0.4, 0.5) is 0 Å². The van der Waals surface area contributed by atoms with Gasteiger partial charge in [0.25, 0.3) is 0 Å². The molecule has 1 N–H and O–H groups in total. The van der Waals surface area contributed by atoms with Gasteiger partial charge in [0.2, 0.25) is 5.76 Å². The first kappa shape index (κ1) is 13.9. The van der Waals surface area contributed by atoms with Crippen LogP contribution in [0.5, 0.6) is 0 Å². The average Bonchev–Trinajstić information content (AvgIpc) is 2.88. The molecule has 0 bridgehead atoms. The largest absolute Gasteiger partial charge is 0.475 e. The van der Waals surface area contributed by atoms with E-state index in [-0.39, 0.29) is 11.9 Å². The Labute approximate surface area is 115 Å². The van der Waals surface area contributed by atoms with Gasteiger partial charge in [0, 0.05) is 5.56 Å². The zero-order chi connectivity index (χ0) is 14.7. The number of esters is 1. The van der Waals surface area contributed by atoms with Gasteiger partial charge in [-0.25, -0.2) is 9.59 Å². The Kier molecular flexibility index (Phi) is 3.89. The number of carboxylic acid groups (broad SMARTS) is 1. The molecule has 5 nitrogen and oxygen atoms in total. The van der Waals surface area contributed by atoms with Crippen LogP contribution in [0, 0.1) is 0 Å². The molecule has 1 heterocycles. The summed E-state index contributed by atoms with van der Waals surface area (Å²) in [5.74, 6) is -1.31. The fourth-order valence-electron chi connectivity index (χ4n) is 1.69. The molecule has 0 atom stereocenters. The summed E-state index contributed by atoms with van der Waals surface area (Å²) in [5, 5.41) is 8.82. The Morgan fingerprint density at radius 3 is 2.55 bits per heavy atom. The Morgan fingerprint density at radius 1 is 1.20 bits per heavy atom. The van der Waals surface area contributed by atoms with Gasteiger partial charge in [0.15, 0.2) is 0 Å². The Bertz CT molecular complexity index is 639. The summed E-state index contributed by atoms with van der Waals surface area (Å²) in [6.07, 6.45) is -0.201. The topological polar surface area (TPSA) is 76.7 Å². The van der Waals surface area contributed by atoms with Gasteiger partial charge in [-0.3, -0.25) is 0 Å². The van der Waals surface area contributed by atoms with Crippen molar-refractivity contribution < 1.29 is 23.8 Å². The zero-order valence-electron chi connectivity index (χ0n) is 11.1. The van der Waals surface area contributed by atoms with Crippen LogP contribution >= 0.6 is 0 Å². The molecular weight excluding hydrogens is 260 g/mol. The lowest BCUT2D eigenvalue weighted by atomic mass is 10.1. The minimum Gasteiger partial charge on any atom is -0.475 e. The van der Waals surface area contributed by atoms with E-state index in [0.717, 1.165) is 0 Å². The van der Waals surface area contributed by atoms with E-state index in [1.807, 2.05) is 0 Å². The second-order valence-corrected chi connectivity index (χ2v) is 4.50. The van der Waals surface area contributed by atoms with Crippen molar-refractivity contribution in [2.75, 3.05) is 0 Å². The van der Waals surface area contributed by atoms with Gasteiger partial charge in [-0.05, 0) is 38.1 Å². The molecule has 1 aromatic carbocycles. The van der Waals surface area contributed by atoms with Crippen molar-refractivity contribution in [1.29, 1.82) is 0 Å². The van der Waals surface area contributed by atoms with Crippen LogP contribution < -0.4 is 0 Å². The predicted molar refractivity (Wildman–Crippen MR) is 71.7 cm³/mol. The van der Waals surface area contributed by atoms with Crippen molar-refractivity contribution >= 4 is 11.9 Å². The number of furan rings is 1. The Hall–Kier alpha value is -2.56. The predicted octanol–water partition coefficient (Wildman–Crippen LogP) is 3.21. The standard InChI is InChI=1S/C15H14O5/c1-9(2)19-15(18)11-5-3-4-10(8-11)12-6-7-13(20-12)14(16)17/h3-9H,1-2H3,(H,16,17). The molecule has 0 radical (unpaired) electrons. The lowest BCUT2D eigenvalue weighted by molar-refractivity contribution is 0.0377. The fourth-order valence-corrected chi connectivity index (χ4v) is 1.69. The maximum atomic E-state index is 11.8. The van der Waals surface area contributed by atoms with Crippen LogP contribution in [-0.2, 0) is 4.74 Å². The zero-order valence-corrected chi connectivity index (χ0v) is 11.1. The molecule has 20 heavy (non-hydrogen) atoms. The van der Waals surface area contributed by atoms with Gasteiger partial charge >= 0.3 is 11.9 Å². The lowest BCUT2D eigenvalue weighted by Gasteiger charge is -2.08. The molecule has 0 aliphatic rings. The van der Waals surface area contributed by atoms with Crippen LogP contribution in [0.15, 0.2) is 40.8 Å². The maximum Gasteiger partial charge on any atom is 0.371 e. The molecule has 1 aromatic heterocycles. The third kappa shape index (κ3) is 3.06. The first-order chi connectivity index (χ1) is 9.47. The highest BCUT2D eigenvalue weighted by Gasteiger charge is 2.13. The van der Waals surface area contributed by atoms with Crippen molar-refractivity contribution in [2.24, 2.45) is 0 Å². The SMILES string of the molecule is CC(C)OC(=O)c1cccc(-c2ccc(C(=O)O)o2)c1. The van der Waals surface area contributed by atoms with Crippen molar-refractivity contribution in [3.63, 3.8) is 0 Å². The molecule has 5 heteroatoms. The van der Waals surface area contributed by atoms with Gasteiger partial charge in [-0.2, -0.15) is 0 Å². The number of carbonyl (C=O) groups is 2. The third-order valence-electron chi connectivity index (χ3n) is 2.54. The van der Waals surface area contributed by atoms with Crippen LogP contribution in [-0.4, -0.2) is 23.1 Å². The summed E-state index contributed by atoms with van der Waals surface area (Å²) in [4.78, 5) is 22.6. The summed E-state index contributed by atoms with van der Waals surface area (Å²) in [7, 11) is 0. The summed E-state index contributed by atoms with van der Waals surface area (Å²) in [6.45, 7) is 3.54. The molecule has 2 rings (SSSR count). The first-order valence-electron chi connectivity index (χ1n) is 6.12. The second kappa shape index (κ2) is 5.61. The number of aromatic carboxylic acids is 1. The highest BCUT2D eigenvalue weighted by molar-refractivity contribution is 5.91. The van der Waals surface area contributed by atoms with Crippen molar-refractivity contribution in [2.45, 2.75) is 20.0 Å². The molecule has 2 aromatic rings. The van der Waals surface area contributed by atoms with Crippen LogP contribution in [0.1, 0.15) is 34.8 Å². The minimum absolute atomic E-state index is 0.143. The first-order valence-corrected chi connectivity index (χ1v) is 6.12. The van der Waals surface area contributed by atoms with Crippen molar-refractivity contribution in [3.8, 4) is 11.3 Å². The van der Waals surface area contributed by atoms with Crippen molar-refractivity contribution in [1.82, 2.24) is 0 Å². The molecule has 0 saturated carbocycles. The van der Waals surface area contributed by atoms with E-state index in [1.54, 1.807) is 44.2 Å². The van der Waals surface area contributed by atoms with Gasteiger partial charge < -0.3 is 14.3 Å². The van der Waals surface area contributed by atoms with Gasteiger partial charge in [0.1, 0.15) is 5.76 Å². The summed E-state index contributed by atoms with van der Waals surface area (Å²) in [6, 6.07) is 9.59. The molecule has 0 fully saturated rings. The molecule has 0 spiro atoms. The number of rotatable bonds is 4. The molecule has 0 aliphatic heterocycles. The maximum absolute atomic E-state index is 11.8. The highest BCUT2D eigenvalue weighted by atomic mass is 16.5. The number of ether oxygens (including phenoxy) is 1. The van der Waals surface area contributed by atoms with E-state index < -0.39 is 11.9 Å². The third-order valence-corrected chi connectivity index (χ3v) is 2.54. The van der Waals surface area contributed by atoms with Crippen molar-refractivity contribution in [3.05, 3.63) is 47.7 Å². The van der Waals surface area contributed by atoms with Crippen LogP contribution in [0.3, 0.4) is 0 Å². The summed E-state index contributed by atoms with van der Waals surface area (Å²) in [5.41, 5.74) is 1.01.